The Balaban J connectivity index is 2.49. The van der Waals surface area contributed by atoms with Crippen molar-refractivity contribution in [3.63, 3.8) is 0 Å². The van der Waals surface area contributed by atoms with Gasteiger partial charge >= 0.3 is 5.97 Å². The van der Waals surface area contributed by atoms with Crippen molar-refractivity contribution in [3.8, 4) is 5.75 Å². The van der Waals surface area contributed by atoms with Crippen LogP contribution in [-0.2, 0) is 16.0 Å². The van der Waals surface area contributed by atoms with Gasteiger partial charge in [-0.3, -0.25) is 9.59 Å². The van der Waals surface area contributed by atoms with E-state index in [1.54, 1.807) is 12.1 Å². The monoisotopic (exact) mass is 354 g/mol. The first-order valence-electron chi connectivity index (χ1n) is 7.09. The van der Waals surface area contributed by atoms with Crippen LogP contribution in [0.4, 0.5) is 0 Å². The highest BCUT2D eigenvalue weighted by Crippen LogP contribution is 2.48. The minimum absolute atomic E-state index is 0.000266. The second kappa shape index (κ2) is 6.46. The van der Waals surface area contributed by atoms with E-state index in [-0.39, 0.29) is 33.8 Å². The molecule has 0 aliphatic heterocycles. The molecule has 4 nitrogen and oxygen atoms in total. The highest BCUT2D eigenvalue weighted by Gasteiger charge is 2.45. The molecular weight excluding hydrogens is 339 g/mol. The molecule has 0 heterocycles. The SMILES string of the molecule is C=CC1(CCC(C)=O)Cc2cc(OC(C)=O)c(Cl)c(Cl)c2C1=O. The summed E-state index contributed by atoms with van der Waals surface area (Å²) in [5.41, 5.74) is 0.0793. The number of hydrogen-bond acceptors (Lipinski definition) is 4. The number of hydrogen-bond donors (Lipinski definition) is 0. The number of allylic oxidation sites excluding steroid dienone is 1. The molecule has 0 spiro atoms. The minimum Gasteiger partial charge on any atom is -0.425 e. The van der Waals surface area contributed by atoms with Crippen LogP contribution in [0.2, 0.25) is 10.0 Å². The van der Waals surface area contributed by atoms with E-state index < -0.39 is 11.4 Å². The quantitative estimate of drug-likeness (QED) is 0.451. The second-order valence-electron chi connectivity index (χ2n) is 5.70. The van der Waals surface area contributed by atoms with Crippen molar-refractivity contribution < 1.29 is 19.1 Å². The van der Waals surface area contributed by atoms with E-state index in [0.29, 0.717) is 24.0 Å². The Hall–Kier alpha value is -1.65. The molecule has 23 heavy (non-hydrogen) atoms. The highest BCUT2D eigenvalue weighted by atomic mass is 35.5. The lowest BCUT2D eigenvalue weighted by molar-refractivity contribution is -0.131. The lowest BCUT2D eigenvalue weighted by atomic mass is 9.79. The van der Waals surface area contributed by atoms with Crippen LogP contribution in [0.1, 0.15) is 42.6 Å². The van der Waals surface area contributed by atoms with Gasteiger partial charge in [0.25, 0.3) is 0 Å². The number of ketones is 2. The van der Waals surface area contributed by atoms with E-state index in [9.17, 15) is 14.4 Å². The maximum atomic E-state index is 12.8. The third kappa shape index (κ3) is 3.19. The number of rotatable bonds is 5. The molecule has 1 aliphatic carbocycles. The van der Waals surface area contributed by atoms with E-state index in [2.05, 4.69) is 6.58 Å². The lowest BCUT2D eigenvalue weighted by Gasteiger charge is -2.22. The summed E-state index contributed by atoms with van der Waals surface area (Å²) in [7, 11) is 0. The van der Waals surface area contributed by atoms with Crippen molar-refractivity contribution in [2.45, 2.75) is 33.1 Å². The van der Waals surface area contributed by atoms with Crippen LogP contribution in [0.3, 0.4) is 0 Å². The van der Waals surface area contributed by atoms with Crippen LogP contribution in [0.25, 0.3) is 0 Å². The molecule has 0 fully saturated rings. The number of benzene rings is 1. The van der Waals surface area contributed by atoms with Gasteiger partial charge in [-0.25, -0.2) is 0 Å². The average molecular weight is 355 g/mol. The van der Waals surface area contributed by atoms with Gasteiger partial charge in [-0.2, -0.15) is 0 Å². The maximum absolute atomic E-state index is 12.8. The largest absolute Gasteiger partial charge is 0.425 e. The molecule has 2 rings (SSSR count). The molecule has 0 amide bonds. The molecule has 1 unspecified atom stereocenters. The van der Waals surface area contributed by atoms with E-state index in [1.165, 1.54) is 13.8 Å². The maximum Gasteiger partial charge on any atom is 0.308 e. The van der Waals surface area contributed by atoms with E-state index in [1.807, 2.05) is 0 Å². The number of halogens is 2. The summed E-state index contributed by atoms with van der Waals surface area (Å²) in [5, 5.41) is 0.0948. The summed E-state index contributed by atoms with van der Waals surface area (Å²) in [4.78, 5) is 35.3. The van der Waals surface area contributed by atoms with Gasteiger partial charge in [0.2, 0.25) is 0 Å². The topological polar surface area (TPSA) is 60.4 Å². The minimum atomic E-state index is -0.879. The Bertz CT molecular complexity index is 724. The lowest BCUT2D eigenvalue weighted by Crippen LogP contribution is -2.26. The van der Waals surface area contributed by atoms with Crippen LogP contribution in [0.15, 0.2) is 18.7 Å². The molecule has 0 radical (unpaired) electrons. The molecular formula is C17H16Cl2O4. The fourth-order valence-corrected chi connectivity index (χ4v) is 3.29. The molecule has 122 valence electrons. The Morgan fingerprint density at radius 3 is 2.52 bits per heavy atom. The molecule has 6 heteroatoms. The summed E-state index contributed by atoms with van der Waals surface area (Å²) in [6, 6.07) is 1.56. The van der Waals surface area contributed by atoms with Gasteiger partial charge in [0.1, 0.15) is 10.8 Å². The van der Waals surface area contributed by atoms with Crippen molar-refractivity contribution in [2.75, 3.05) is 0 Å². The van der Waals surface area contributed by atoms with Crippen molar-refractivity contribution in [1.29, 1.82) is 0 Å². The standard InChI is InChI=1S/C17H16Cl2O4/c1-4-17(6-5-9(2)20)8-11-7-12(23-10(3)21)14(18)15(19)13(11)16(17)22/h4,7H,1,5-6,8H2,2-3H3. The highest BCUT2D eigenvalue weighted by molar-refractivity contribution is 6.45. The average Bonchev–Trinajstić information content (AvgIpc) is 2.75. The Kier molecular flexibility index (Phi) is 4.97. The molecule has 0 saturated heterocycles. The van der Waals surface area contributed by atoms with E-state index in [4.69, 9.17) is 27.9 Å². The Morgan fingerprint density at radius 2 is 2.00 bits per heavy atom. The van der Waals surface area contributed by atoms with Crippen molar-refractivity contribution >= 4 is 40.7 Å². The molecule has 0 bridgehead atoms. The summed E-state index contributed by atoms with van der Waals surface area (Å²) in [6.07, 6.45) is 2.54. The van der Waals surface area contributed by atoms with Gasteiger partial charge in [-0.15, -0.1) is 6.58 Å². The summed E-state index contributed by atoms with van der Waals surface area (Å²) < 4.78 is 5.04. The predicted molar refractivity (Wildman–Crippen MR) is 88.4 cm³/mol. The predicted octanol–water partition coefficient (Wildman–Crippen LogP) is 4.20. The van der Waals surface area contributed by atoms with Crippen LogP contribution in [0, 0.1) is 5.41 Å². The molecule has 1 aliphatic rings. The zero-order valence-corrected chi connectivity index (χ0v) is 14.4. The smallest absolute Gasteiger partial charge is 0.308 e. The van der Waals surface area contributed by atoms with Crippen LogP contribution >= 0.6 is 23.2 Å². The summed E-state index contributed by atoms with van der Waals surface area (Å²) >= 11 is 12.3. The van der Waals surface area contributed by atoms with Crippen LogP contribution < -0.4 is 4.74 Å². The Labute approximate surface area is 144 Å². The normalized spacial score (nSPS) is 19.4. The van der Waals surface area contributed by atoms with Gasteiger partial charge in [-0.1, -0.05) is 29.3 Å². The zero-order valence-electron chi connectivity index (χ0n) is 12.9. The van der Waals surface area contributed by atoms with Gasteiger partial charge < -0.3 is 9.53 Å². The molecule has 0 N–H and O–H groups in total. The molecule has 0 saturated carbocycles. The number of carbonyl (C=O) groups excluding carboxylic acids is 3. The molecule has 1 atom stereocenters. The first kappa shape index (κ1) is 17.7. The van der Waals surface area contributed by atoms with E-state index in [0.717, 1.165) is 0 Å². The van der Waals surface area contributed by atoms with Crippen molar-refractivity contribution in [3.05, 3.63) is 39.9 Å². The second-order valence-corrected chi connectivity index (χ2v) is 6.45. The number of ether oxygens (including phenoxy) is 1. The van der Waals surface area contributed by atoms with Crippen LogP contribution in [0.5, 0.6) is 5.75 Å². The molecule has 1 aromatic rings. The molecule has 1 aromatic carbocycles. The number of carbonyl (C=O) groups is 3. The van der Waals surface area contributed by atoms with Crippen molar-refractivity contribution in [2.24, 2.45) is 5.41 Å². The van der Waals surface area contributed by atoms with Gasteiger partial charge in [0, 0.05) is 18.9 Å². The number of Topliss-reactive ketones (excluding diaryl/α,β-unsaturated/α-hetero) is 2. The van der Waals surface area contributed by atoms with Gasteiger partial charge in [0.15, 0.2) is 11.5 Å². The third-order valence-corrected chi connectivity index (χ3v) is 4.86. The summed E-state index contributed by atoms with van der Waals surface area (Å²) in [6.45, 7) is 6.49. The Morgan fingerprint density at radius 1 is 1.35 bits per heavy atom. The fourth-order valence-electron chi connectivity index (χ4n) is 2.80. The molecule has 0 aromatic heterocycles. The first-order valence-corrected chi connectivity index (χ1v) is 7.84. The van der Waals surface area contributed by atoms with Crippen LogP contribution in [-0.4, -0.2) is 17.5 Å². The third-order valence-electron chi connectivity index (χ3n) is 4.01. The zero-order chi connectivity index (χ0) is 17.4. The first-order chi connectivity index (χ1) is 10.7. The summed E-state index contributed by atoms with van der Waals surface area (Å²) in [5.74, 6) is -0.606. The number of esters is 1. The van der Waals surface area contributed by atoms with Crippen molar-refractivity contribution in [1.82, 2.24) is 0 Å². The van der Waals surface area contributed by atoms with Gasteiger partial charge in [-0.05, 0) is 31.4 Å². The van der Waals surface area contributed by atoms with Gasteiger partial charge in [0.05, 0.1) is 10.4 Å². The fraction of sp³-hybridized carbons (Fsp3) is 0.353. The number of fused-ring (bicyclic) bond motifs is 1. The van der Waals surface area contributed by atoms with E-state index >= 15 is 0 Å².